The second kappa shape index (κ2) is 7.87. The molecule has 0 saturated carbocycles. The van der Waals surface area contributed by atoms with Crippen LogP contribution < -0.4 is 14.7 Å². The Morgan fingerprint density at radius 1 is 0.920 bits per heavy atom. The largest absolute Gasteiger partial charge is 0.809 e. The molecule has 1 aliphatic rings. The average Bonchev–Trinajstić information content (AvgIpc) is 2.55. The van der Waals surface area contributed by atoms with Gasteiger partial charge in [-0.3, -0.25) is 0 Å². The SMILES string of the molecule is Cl.O=P([O-])([O-])C1(c2ccc(Cl)cc2)CCCCN1c1ccc(Cl)cc1. The molecule has 1 saturated heterocycles. The van der Waals surface area contributed by atoms with Crippen LogP contribution in [0.3, 0.4) is 0 Å². The van der Waals surface area contributed by atoms with E-state index < -0.39 is 12.9 Å². The first-order chi connectivity index (χ1) is 11.3. The van der Waals surface area contributed by atoms with Crippen molar-refractivity contribution in [2.24, 2.45) is 0 Å². The van der Waals surface area contributed by atoms with Crippen LogP contribution in [0.4, 0.5) is 5.69 Å². The van der Waals surface area contributed by atoms with E-state index in [1.807, 2.05) is 0 Å². The van der Waals surface area contributed by atoms with E-state index in [2.05, 4.69) is 0 Å². The summed E-state index contributed by atoms with van der Waals surface area (Å²) in [4.78, 5) is 26.5. The molecule has 1 unspecified atom stereocenters. The van der Waals surface area contributed by atoms with Gasteiger partial charge in [0.2, 0.25) is 0 Å². The van der Waals surface area contributed by atoms with Crippen molar-refractivity contribution in [2.75, 3.05) is 11.4 Å². The molecule has 4 nitrogen and oxygen atoms in total. The van der Waals surface area contributed by atoms with Crippen LogP contribution in [0.15, 0.2) is 48.5 Å². The predicted octanol–water partition coefficient (Wildman–Crippen LogP) is 4.17. The summed E-state index contributed by atoms with van der Waals surface area (Å²) >= 11 is 11.9. The topological polar surface area (TPSA) is 66.4 Å². The minimum absolute atomic E-state index is 0. The number of hydrogen-bond acceptors (Lipinski definition) is 4. The molecule has 0 aliphatic carbocycles. The average molecular weight is 421 g/mol. The maximum atomic E-state index is 12.4. The third-order valence-electron chi connectivity index (χ3n) is 4.50. The Hall–Kier alpha value is -0.740. The molecule has 2 aromatic rings. The molecule has 0 amide bonds. The van der Waals surface area contributed by atoms with Gasteiger partial charge in [0.25, 0.3) is 0 Å². The molecule has 0 bridgehead atoms. The van der Waals surface area contributed by atoms with Gasteiger partial charge in [0.1, 0.15) is 0 Å². The van der Waals surface area contributed by atoms with Crippen LogP contribution in [0, 0.1) is 0 Å². The van der Waals surface area contributed by atoms with Crippen LogP contribution in [-0.2, 0) is 9.85 Å². The maximum Gasteiger partial charge on any atom is 0.0923 e. The molecule has 8 heteroatoms. The lowest BCUT2D eigenvalue weighted by molar-refractivity contribution is -0.322. The molecule has 1 atom stereocenters. The molecule has 2 aromatic carbocycles. The first-order valence-corrected chi connectivity index (χ1v) is 9.96. The van der Waals surface area contributed by atoms with Crippen LogP contribution in [-0.4, -0.2) is 6.54 Å². The Kier molecular flexibility index (Phi) is 6.48. The van der Waals surface area contributed by atoms with Gasteiger partial charge in [-0.1, -0.05) is 35.3 Å². The van der Waals surface area contributed by atoms with Crippen LogP contribution in [0.1, 0.15) is 24.8 Å². The fourth-order valence-electron chi connectivity index (χ4n) is 3.38. The molecule has 0 radical (unpaired) electrons. The second-order valence-electron chi connectivity index (χ2n) is 5.91. The van der Waals surface area contributed by atoms with Crippen molar-refractivity contribution in [2.45, 2.75) is 24.5 Å². The van der Waals surface area contributed by atoms with E-state index in [0.29, 0.717) is 34.3 Å². The van der Waals surface area contributed by atoms with Gasteiger partial charge in [0, 0.05) is 22.3 Å². The summed E-state index contributed by atoms with van der Waals surface area (Å²) in [6, 6.07) is 13.4. The number of hydrogen-bond donors (Lipinski definition) is 0. The van der Waals surface area contributed by atoms with E-state index in [-0.39, 0.29) is 18.8 Å². The summed E-state index contributed by atoms with van der Waals surface area (Å²) in [5.41, 5.74) is 1.12. The van der Waals surface area contributed by atoms with Crippen molar-refractivity contribution in [1.82, 2.24) is 0 Å². The van der Waals surface area contributed by atoms with Crippen LogP contribution in [0.5, 0.6) is 0 Å². The van der Waals surface area contributed by atoms with E-state index in [9.17, 15) is 14.4 Å². The number of piperidine rings is 1. The normalized spacial score (nSPS) is 20.9. The third kappa shape index (κ3) is 3.85. The van der Waals surface area contributed by atoms with Gasteiger partial charge in [-0.2, -0.15) is 0 Å². The Labute approximate surface area is 163 Å². The highest BCUT2D eigenvalue weighted by molar-refractivity contribution is 7.50. The minimum Gasteiger partial charge on any atom is -0.809 e. The number of nitrogens with zero attached hydrogens (tertiary/aromatic N) is 1. The summed E-state index contributed by atoms with van der Waals surface area (Å²) in [6.45, 7) is 0.485. The first-order valence-electron chi connectivity index (χ1n) is 7.66. The summed E-state index contributed by atoms with van der Waals surface area (Å²) in [7, 11) is -4.99. The summed E-state index contributed by atoms with van der Waals surface area (Å²) in [6.07, 6.45) is 1.74. The van der Waals surface area contributed by atoms with E-state index in [1.54, 1.807) is 53.4 Å². The van der Waals surface area contributed by atoms with Gasteiger partial charge in [-0.05, 0) is 68.8 Å². The van der Waals surface area contributed by atoms with Gasteiger partial charge in [0.05, 0.1) is 5.28 Å². The van der Waals surface area contributed by atoms with Gasteiger partial charge in [-0.25, -0.2) is 0 Å². The standard InChI is InChI=1S/C17H18Cl2NO3P.ClH/c18-14-5-3-13(4-6-14)17(24(21,22)23)11-1-2-12-20(17)16-9-7-15(19)8-10-16;/h3-10H,1-2,11-12H2,(H2,21,22,23);1H/p-2. The van der Waals surface area contributed by atoms with Crippen LogP contribution in [0.2, 0.25) is 10.0 Å². The van der Waals surface area contributed by atoms with Crippen LogP contribution >= 0.6 is 43.2 Å². The highest BCUT2D eigenvalue weighted by Crippen LogP contribution is 2.58. The Balaban J connectivity index is 0.00000225. The van der Waals surface area contributed by atoms with E-state index in [1.165, 1.54) is 0 Å². The van der Waals surface area contributed by atoms with Crippen molar-refractivity contribution < 1.29 is 14.4 Å². The second-order valence-corrected chi connectivity index (χ2v) is 8.51. The number of anilines is 1. The van der Waals surface area contributed by atoms with Gasteiger partial charge in [-0.15, -0.1) is 12.4 Å². The predicted molar refractivity (Wildman–Crippen MR) is 101 cm³/mol. The Bertz CT molecular complexity index is 764. The van der Waals surface area contributed by atoms with Crippen LogP contribution in [0.25, 0.3) is 0 Å². The first kappa shape index (κ1) is 20.6. The van der Waals surface area contributed by atoms with Crippen molar-refractivity contribution in [3.8, 4) is 0 Å². The maximum absolute atomic E-state index is 12.4. The Morgan fingerprint density at radius 3 is 1.96 bits per heavy atom. The molecular weight excluding hydrogens is 404 g/mol. The lowest BCUT2D eigenvalue weighted by Crippen LogP contribution is -2.54. The summed E-state index contributed by atoms with van der Waals surface area (Å²) in [5.74, 6) is 0. The smallest absolute Gasteiger partial charge is 0.0923 e. The summed E-state index contributed by atoms with van der Waals surface area (Å²) < 4.78 is 12.4. The highest BCUT2D eigenvalue weighted by Gasteiger charge is 2.43. The molecule has 136 valence electrons. The van der Waals surface area contributed by atoms with E-state index in [0.717, 1.165) is 6.42 Å². The van der Waals surface area contributed by atoms with Crippen molar-refractivity contribution in [3.05, 3.63) is 64.1 Å². The zero-order valence-corrected chi connectivity index (χ0v) is 16.5. The minimum atomic E-state index is -4.99. The number of halogens is 3. The monoisotopic (exact) mass is 419 g/mol. The van der Waals surface area contributed by atoms with Gasteiger partial charge in [0.15, 0.2) is 0 Å². The molecule has 1 heterocycles. The number of benzene rings is 2. The third-order valence-corrected chi connectivity index (χ3v) is 6.63. The fourth-order valence-corrected chi connectivity index (χ4v) is 5.05. The quantitative estimate of drug-likeness (QED) is 0.699. The lowest BCUT2D eigenvalue weighted by Gasteiger charge is -2.59. The fraction of sp³-hybridized carbons (Fsp3) is 0.294. The van der Waals surface area contributed by atoms with Crippen molar-refractivity contribution in [3.63, 3.8) is 0 Å². The molecule has 0 N–H and O–H groups in total. The summed E-state index contributed by atoms with van der Waals surface area (Å²) in [5, 5.41) is -0.557. The zero-order valence-electron chi connectivity index (χ0n) is 13.2. The van der Waals surface area contributed by atoms with Gasteiger partial charge >= 0.3 is 0 Å². The van der Waals surface area contributed by atoms with E-state index in [4.69, 9.17) is 23.2 Å². The molecule has 25 heavy (non-hydrogen) atoms. The highest BCUT2D eigenvalue weighted by atomic mass is 35.5. The van der Waals surface area contributed by atoms with Crippen molar-refractivity contribution in [1.29, 1.82) is 0 Å². The molecular formula is C17H17Cl3NO3P-2. The molecule has 0 aromatic heterocycles. The zero-order chi connectivity index (χ0) is 17.4. The molecule has 3 rings (SSSR count). The van der Waals surface area contributed by atoms with Crippen molar-refractivity contribution >= 4 is 48.9 Å². The van der Waals surface area contributed by atoms with Gasteiger partial charge < -0.3 is 19.3 Å². The van der Waals surface area contributed by atoms with E-state index >= 15 is 0 Å². The molecule has 0 spiro atoms. The lowest BCUT2D eigenvalue weighted by atomic mass is 9.93. The molecule has 1 fully saturated rings. The Morgan fingerprint density at radius 2 is 1.44 bits per heavy atom. The number of rotatable bonds is 3. The molecule has 1 aliphatic heterocycles.